The van der Waals surface area contributed by atoms with E-state index in [1.54, 1.807) is 0 Å². The van der Waals surface area contributed by atoms with E-state index in [0.717, 1.165) is 30.0 Å². The summed E-state index contributed by atoms with van der Waals surface area (Å²) >= 11 is 11.5. The predicted octanol–water partition coefficient (Wildman–Crippen LogP) is 2.86. The molecular formula is C11H16Cl2N2. The number of anilines is 2. The van der Waals surface area contributed by atoms with Gasteiger partial charge in [-0.2, -0.15) is 0 Å². The van der Waals surface area contributed by atoms with Gasteiger partial charge in [0.15, 0.2) is 0 Å². The second-order valence-corrected chi connectivity index (χ2v) is 4.16. The summed E-state index contributed by atoms with van der Waals surface area (Å²) in [6, 6.07) is 6.03. The topological polar surface area (TPSA) is 29.3 Å². The summed E-state index contributed by atoms with van der Waals surface area (Å²) in [5, 5.41) is 0. The maximum absolute atomic E-state index is 5.86. The largest absolute Gasteiger partial charge is 0.398 e. The first-order chi connectivity index (χ1) is 7.19. The fourth-order valence-corrected chi connectivity index (χ4v) is 1.81. The van der Waals surface area contributed by atoms with Crippen molar-refractivity contribution in [3.8, 4) is 0 Å². The molecule has 0 unspecified atom stereocenters. The lowest BCUT2D eigenvalue weighted by atomic mass is 10.1. The summed E-state index contributed by atoms with van der Waals surface area (Å²) in [4.78, 5) is 2.13. The summed E-state index contributed by atoms with van der Waals surface area (Å²) in [5.41, 5.74) is 8.84. The number of nitrogens with zero attached hydrogens (tertiary/aromatic N) is 1. The van der Waals surface area contributed by atoms with E-state index < -0.39 is 0 Å². The van der Waals surface area contributed by atoms with Crippen molar-refractivity contribution in [2.45, 2.75) is 6.92 Å². The van der Waals surface area contributed by atoms with Crippen LogP contribution in [0.2, 0.25) is 0 Å². The lowest BCUT2D eigenvalue weighted by Gasteiger charge is -2.23. The predicted molar refractivity (Wildman–Crippen MR) is 69.2 cm³/mol. The number of alkyl halides is 2. The normalized spacial score (nSPS) is 10.3. The molecular weight excluding hydrogens is 231 g/mol. The van der Waals surface area contributed by atoms with Crippen LogP contribution in [-0.2, 0) is 0 Å². The van der Waals surface area contributed by atoms with Crippen molar-refractivity contribution in [3.63, 3.8) is 0 Å². The van der Waals surface area contributed by atoms with E-state index in [1.807, 2.05) is 25.1 Å². The van der Waals surface area contributed by atoms with Crippen LogP contribution in [0.3, 0.4) is 0 Å². The van der Waals surface area contributed by atoms with Gasteiger partial charge in [-0.15, -0.1) is 23.2 Å². The van der Waals surface area contributed by atoms with Crippen LogP contribution in [0.25, 0.3) is 0 Å². The average molecular weight is 247 g/mol. The molecule has 0 spiro atoms. The quantitative estimate of drug-likeness (QED) is 0.640. The number of nitrogens with two attached hydrogens (primary N) is 1. The Labute approximate surface area is 101 Å². The van der Waals surface area contributed by atoms with Gasteiger partial charge in [-0.3, -0.25) is 0 Å². The average Bonchev–Trinajstić information content (AvgIpc) is 2.22. The van der Waals surface area contributed by atoms with E-state index in [4.69, 9.17) is 28.9 Å². The zero-order chi connectivity index (χ0) is 11.3. The molecule has 1 aromatic rings. The number of benzene rings is 1. The van der Waals surface area contributed by atoms with Gasteiger partial charge in [0.1, 0.15) is 0 Å². The van der Waals surface area contributed by atoms with Gasteiger partial charge >= 0.3 is 0 Å². The highest BCUT2D eigenvalue weighted by Gasteiger charge is 2.06. The summed E-state index contributed by atoms with van der Waals surface area (Å²) < 4.78 is 0. The molecule has 1 rings (SSSR count). The van der Waals surface area contributed by atoms with Gasteiger partial charge in [0.05, 0.1) is 0 Å². The van der Waals surface area contributed by atoms with E-state index in [1.165, 1.54) is 0 Å². The van der Waals surface area contributed by atoms with Crippen LogP contribution < -0.4 is 10.6 Å². The minimum absolute atomic E-state index is 0.588. The van der Waals surface area contributed by atoms with Crippen molar-refractivity contribution in [1.29, 1.82) is 0 Å². The molecule has 1 aromatic carbocycles. The standard InChI is InChI=1S/C11H16Cl2N2/c1-9-2-3-10(8-11(9)14)15(6-4-12)7-5-13/h2-3,8H,4-7,14H2,1H3. The van der Waals surface area contributed by atoms with Crippen LogP contribution in [0.5, 0.6) is 0 Å². The van der Waals surface area contributed by atoms with Crippen LogP contribution in [0.1, 0.15) is 5.56 Å². The highest BCUT2D eigenvalue weighted by Crippen LogP contribution is 2.20. The maximum Gasteiger partial charge on any atom is 0.0399 e. The maximum atomic E-state index is 5.86. The Morgan fingerprint density at radius 3 is 2.27 bits per heavy atom. The van der Waals surface area contributed by atoms with Gasteiger partial charge in [0.2, 0.25) is 0 Å². The Kier molecular flexibility index (Phi) is 5.06. The number of halogens is 2. The molecule has 0 amide bonds. The second-order valence-electron chi connectivity index (χ2n) is 3.41. The Balaban J connectivity index is 2.85. The van der Waals surface area contributed by atoms with Crippen molar-refractivity contribution in [1.82, 2.24) is 0 Å². The first-order valence-corrected chi connectivity index (χ1v) is 5.99. The molecule has 0 bridgehead atoms. The zero-order valence-electron chi connectivity index (χ0n) is 8.84. The molecule has 2 N–H and O–H groups in total. The molecule has 4 heteroatoms. The SMILES string of the molecule is Cc1ccc(N(CCCl)CCCl)cc1N. The molecule has 0 heterocycles. The first-order valence-electron chi connectivity index (χ1n) is 4.92. The molecule has 2 nitrogen and oxygen atoms in total. The number of hydrogen-bond acceptors (Lipinski definition) is 2. The lowest BCUT2D eigenvalue weighted by Crippen LogP contribution is -2.27. The number of rotatable bonds is 5. The monoisotopic (exact) mass is 246 g/mol. The zero-order valence-corrected chi connectivity index (χ0v) is 10.4. The van der Waals surface area contributed by atoms with Gasteiger partial charge in [-0.1, -0.05) is 6.07 Å². The second kappa shape index (κ2) is 6.09. The van der Waals surface area contributed by atoms with Gasteiger partial charge in [0, 0.05) is 36.2 Å². The summed E-state index contributed by atoms with van der Waals surface area (Å²) in [6.07, 6.45) is 0. The Hall–Kier alpha value is -0.600. The van der Waals surface area contributed by atoms with Crippen molar-refractivity contribution in [2.24, 2.45) is 0 Å². The van der Waals surface area contributed by atoms with Gasteiger partial charge in [-0.25, -0.2) is 0 Å². The molecule has 0 saturated heterocycles. The Bertz CT molecular complexity index is 309. The number of aryl methyl sites for hydroxylation is 1. The summed E-state index contributed by atoms with van der Waals surface area (Å²) in [6.45, 7) is 3.57. The van der Waals surface area contributed by atoms with Gasteiger partial charge in [0.25, 0.3) is 0 Å². The third-order valence-corrected chi connectivity index (χ3v) is 2.67. The smallest absolute Gasteiger partial charge is 0.0399 e. The molecule has 0 atom stereocenters. The van der Waals surface area contributed by atoms with E-state index in [2.05, 4.69) is 4.90 Å². The summed E-state index contributed by atoms with van der Waals surface area (Å²) in [5.74, 6) is 1.18. The molecule has 84 valence electrons. The fourth-order valence-electron chi connectivity index (χ4n) is 1.40. The molecule has 0 aliphatic rings. The Morgan fingerprint density at radius 1 is 1.20 bits per heavy atom. The van der Waals surface area contributed by atoms with E-state index >= 15 is 0 Å². The summed E-state index contributed by atoms with van der Waals surface area (Å²) in [7, 11) is 0. The minimum atomic E-state index is 0.588. The lowest BCUT2D eigenvalue weighted by molar-refractivity contribution is 0.874. The molecule has 0 aliphatic heterocycles. The first kappa shape index (κ1) is 12.5. The van der Waals surface area contributed by atoms with E-state index in [0.29, 0.717) is 11.8 Å². The van der Waals surface area contributed by atoms with Crippen LogP contribution in [0.15, 0.2) is 18.2 Å². The van der Waals surface area contributed by atoms with Crippen molar-refractivity contribution in [2.75, 3.05) is 35.5 Å². The van der Waals surface area contributed by atoms with E-state index in [9.17, 15) is 0 Å². The third kappa shape index (κ3) is 3.47. The number of nitrogen functional groups attached to an aromatic ring is 1. The molecule has 0 fully saturated rings. The van der Waals surface area contributed by atoms with Crippen molar-refractivity contribution in [3.05, 3.63) is 23.8 Å². The molecule has 0 aromatic heterocycles. The van der Waals surface area contributed by atoms with Crippen LogP contribution in [-0.4, -0.2) is 24.8 Å². The third-order valence-electron chi connectivity index (χ3n) is 2.34. The highest BCUT2D eigenvalue weighted by molar-refractivity contribution is 6.18. The van der Waals surface area contributed by atoms with Crippen molar-refractivity contribution < 1.29 is 0 Å². The molecule has 0 aliphatic carbocycles. The van der Waals surface area contributed by atoms with Gasteiger partial charge in [-0.05, 0) is 24.6 Å². The molecule has 0 radical (unpaired) electrons. The van der Waals surface area contributed by atoms with Crippen molar-refractivity contribution >= 4 is 34.6 Å². The minimum Gasteiger partial charge on any atom is -0.398 e. The van der Waals surface area contributed by atoms with Crippen LogP contribution >= 0.6 is 23.2 Å². The highest BCUT2D eigenvalue weighted by atomic mass is 35.5. The molecule has 0 saturated carbocycles. The fraction of sp³-hybridized carbons (Fsp3) is 0.455. The number of hydrogen-bond donors (Lipinski definition) is 1. The van der Waals surface area contributed by atoms with E-state index in [-0.39, 0.29) is 0 Å². The Morgan fingerprint density at radius 2 is 1.80 bits per heavy atom. The van der Waals surface area contributed by atoms with Crippen LogP contribution in [0.4, 0.5) is 11.4 Å². The molecule has 15 heavy (non-hydrogen) atoms. The van der Waals surface area contributed by atoms with Gasteiger partial charge < -0.3 is 10.6 Å². The van der Waals surface area contributed by atoms with Crippen LogP contribution in [0, 0.1) is 6.92 Å².